The second-order valence-electron chi connectivity index (χ2n) is 11.9. The van der Waals surface area contributed by atoms with Crippen LogP contribution in [-0.2, 0) is 11.0 Å². The average Bonchev–Trinajstić information content (AvgIpc) is 2.97. The lowest BCUT2D eigenvalue weighted by Crippen LogP contribution is -2.54. The summed E-state index contributed by atoms with van der Waals surface area (Å²) in [7, 11) is 3.90. The van der Waals surface area contributed by atoms with Crippen molar-refractivity contribution in [2.75, 3.05) is 44.4 Å². The number of aromatic nitrogens is 2. The van der Waals surface area contributed by atoms with E-state index in [1.54, 1.807) is 29.2 Å². The fourth-order valence-electron chi connectivity index (χ4n) is 6.82. The van der Waals surface area contributed by atoms with E-state index >= 15 is 0 Å². The lowest BCUT2D eigenvalue weighted by Gasteiger charge is -2.48. The molecule has 1 saturated heterocycles. The molecule has 3 N–H and O–H groups in total. The minimum Gasteiger partial charge on any atom is -0.366 e. The molecule has 2 heterocycles. The molecule has 3 aliphatic carbocycles. The van der Waals surface area contributed by atoms with E-state index < -0.39 is 23.7 Å². The van der Waals surface area contributed by atoms with Gasteiger partial charge in [0, 0.05) is 43.1 Å². The summed E-state index contributed by atoms with van der Waals surface area (Å²) in [5, 5.41) is 8.89. The molecule has 1 aliphatic heterocycles. The first-order valence-electron chi connectivity index (χ1n) is 14.9. The van der Waals surface area contributed by atoms with E-state index in [2.05, 4.69) is 37.9 Å². The second kappa shape index (κ2) is 12.4. The number of hydrogen-bond donors (Lipinski definition) is 3. The van der Waals surface area contributed by atoms with Gasteiger partial charge in [0.15, 0.2) is 0 Å². The van der Waals surface area contributed by atoms with Gasteiger partial charge in [-0.2, -0.15) is 18.2 Å². The molecule has 42 heavy (non-hydrogen) atoms. The van der Waals surface area contributed by atoms with Crippen molar-refractivity contribution in [1.82, 2.24) is 25.1 Å². The normalized spacial score (nSPS) is 24.7. The molecule has 0 spiro atoms. The lowest BCUT2D eigenvalue weighted by molar-refractivity contribution is -0.137. The smallest absolute Gasteiger partial charge is 0.366 e. The monoisotopic (exact) mass is 587 g/mol. The summed E-state index contributed by atoms with van der Waals surface area (Å²) < 4.78 is 42.0. The van der Waals surface area contributed by atoms with Crippen molar-refractivity contribution in [1.29, 1.82) is 0 Å². The molecule has 9 nitrogen and oxygen atoms in total. The van der Waals surface area contributed by atoms with E-state index in [0.717, 1.165) is 57.8 Å². The number of carbonyl (C=O) groups is 2. The number of hydrogen-bond acceptors (Lipinski definition) is 7. The quantitative estimate of drug-likeness (QED) is 0.410. The summed E-state index contributed by atoms with van der Waals surface area (Å²) in [5.41, 5.74) is 0.0968. The van der Waals surface area contributed by atoms with Crippen molar-refractivity contribution in [2.24, 2.45) is 17.8 Å². The Labute approximate surface area is 244 Å². The molecule has 2 aromatic rings. The zero-order valence-corrected chi connectivity index (χ0v) is 24.4. The summed E-state index contributed by atoms with van der Waals surface area (Å²) in [5.74, 6) is -0.733. The van der Waals surface area contributed by atoms with Crippen LogP contribution in [0.5, 0.6) is 0 Å². The summed E-state index contributed by atoms with van der Waals surface area (Å²) in [4.78, 5) is 38.2. The number of benzene rings is 1. The number of anilines is 3. The number of likely N-dealkylation sites (tertiary alicyclic amines) is 1. The van der Waals surface area contributed by atoms with Crippen LogP contribution in [0.3, 0.4) is 0 Å². The number of nitrogens with zero attached hydrogens (tertiary/aromatic N) is 4. The summed E-state index contributed by atoms with van der Waals surface area (Å²) >= 11 is 0. The van der Waals surface area contributed by atoms with Crippen LogP contribution in [0.15, 0.2) is 30.5 Å². The van der Waals surface area contributed by atoms with Gasteiger partial charge in [0.05, 0.1) is 5.92 Å². The third-order valence-corrected chi connectivity index (χ3v) is 9.21. The maximum atomic E-state index is 14.0. The van der Waals surface area contributed by atoms with Crippen molar-refractivity contribution in [2.45, 2.75) is 63.7 Å². The van der Waals surface area contributed by atoms with E-state index in [4.69, 9.17) is 0 Å². The van der Waals surface area contributed by atoms with Gasteiger partial charge in [-0.25, -0.2) is 4.98 Å². The van der Waals surface area contributed by atoms with E-state index in [1.165, 1.54) is 0 Å². The van der Waals surface area contributed by atoms with Crippen LogP contribution in [0.1, 0.15) is 61.4 Å². The van der Waals surface area contributed by atoms with E-state index in [1.807, 2.05) is 14.0 Å². The Morgan fingerprint density at radius 1 is 1.02 bits per heavy atom. The molecule has 3 saturated carbocycles. The zero-order chi connectivity index (χ0) is 30.0. The van der Waals surface area contributed by atoms with E-state index in [9.17, 15) is 22.8 Å². The van der Waals surface area contributed by atoms with Gasteiger partial charge in [0.25, 0.3) is 5.91 Å². The Morgan fingerprint density at radius 2 is 1.67 bits per heavy atom. The molecular formula is C30H40F3N7O2. The second-order valence-corrected chi connectivity index (χ2v) is 11.9. The van der Waals surface area contributed by atoms with Crippen LogP contribution in [0.4, 0.5) is 30.6 Å². The van der Waals surface area contributed by atoms with Crippen molar-refractivity contribution < 1.29 is 22.8 Å². The first kappa shape index (κ1) is 30.1. The first-order valence-corrected chi connectivity index (χ1v) is 14.9. The molecular weight excluding hydrogens is 547 g/mol. The van der Waals surface area contributed by atoms with Gasteiger partial charge in [0.1, 0.15) is 11.4 Å². The van der Waals surface area contributed by atoms with E-state index in [0.29, 0.717) is 17.8 Å². The van der Waals surface area contributed by atoms with Gasteiger partial charge in [-0.05, 0) is 102 Å². The Morgan fingerprint density at radius 3 is 2.29 bits per heavy atom. The van der Waals surface area contributed by atoms with Crippen LogP contribution in [0.25, 0.3) is 0 Å². The minimum atomic E-state index is -4.67. The van der Waals surface area contributed by atoms with Crippen LogP contribution in [0.2, 0.25) is 0 Å². The van der Waals surface area contributed by atoms with Crippen LogP contribution in [0, 0.1) is 17.8 Å². The number of alkyl halides is 3. The molecule has 6 rings (SSSR count). The molecule has 2 atom stereocenters. The molecule has 228 valence electrons. The maximum Gasteiger partial charge on any atom is 0.421 e. The Balaban J connectivity index is 1.33. The first-order chi connectivity index (χ1) is 20.0. The van der Waals surface area contributed by atoms with Crippen LogP contribution < -0.4 is 16.0 Å². The minimum absolute atomic E-state index is 0.0106. The highest BCUT2D eigenvalue weighted by Crippen LogP contribution is 2.47. The fraction of sp³-hybridized carbons (Fsp3) is 0.600. The van der Waals surface area contributed by atoms with Gasteiger partial charge in [-0.3, -0.25) is 9.59 Å². The lowest BCUT2D eigenvalue weighted by atomic mass is 9.61. The summed E-state index contributed by atoms with van der Waals surface area (Å²) in [6.45, 7) is 4.20. The van der Waals surface area contributed by atoms with E-state index in [-0.39, 0.29) is 41.5 Å². The molecule has 2 bridgehead atoms. The number of rotatable bonds is 8. The molecule has 2 amide bonds. The number of carbonyl (C=O) groups excluding carboxylic acids is 2. The largest absolute Gasteiger partial charge is 0.421 e. The summed E-state index contributed by atoms with van der Waals surface area (Å²) in [6.07, 6.45) is 1.49. The van der Waals surface area contributed by atoms with Gasteiger partial charge < -0.3 is 25.8 Å². The third kappa shape index (κ3) is 6.48. The standard InChI is InChI=1S/C30H40F3N7O2/c1-4-34-27(41)24-18-5-7-19(8-6-18)25(24)37-26-23(30(31,32)33)17-35-29(38-26)36-21-11-9-20(10-12-21)28(42)40(3)22-13-15-39(2)16-14-22/h9-12,17-19,22,24-25H,4-8,13-16H2,1-3H3,(H,34,41)(H2,35,36,37,38)/t18?,19?,24-,25+/m0/s1. The molecule has 12 heteroatoms. The van der Waals surface area contributed by atoms with Gasteiger partial charge in [-0.1, -0.05) is 0 Å². The predicted molar refractivity (Wildman–Crippen MR) is 154 cm³/mol. The highest BCUT2D eigenvalue weighted by Gasteiger charge is 2.48. The highest BCUT2D eigenvalue weighted by molar-refractivity contribution is 5.94. The topological polar surface area (TPSA) is 102 Å². The number of amides is 2. The number of piperidine rings is 1. The molecule has 0 unspecified atom stereocenters. The SMILES string of the molecule is CCNC(=O)[C@H]1C2CCC(CC2)[C@H]1Nc1nc(Nc2ccc(C(=O)N(C)C3CCN(C)CC3)cc2)ncc1C(F)(F)F. The van der Waals surface area contributed by atoms with Gasteiger partial charge >= 0.3 is 6.18 Å². The van der Waals surface area contributed by atoms with Crippen molar-refractivity contribution in [3.63, 3.8) is 0 Å². The third-order valence-electron chi connectivity index (χ3n) is 9.21. The molecule has 1 aromatic heterocycles. The molecule has 4 fully saturated rings. The van der Waals surface area contributed by atoms with Crippen LogP contribution in [-0.4, -0.2) is 77.4 Å². The van der Waals surface area contributed by atoms with Crippen LogP contribution >= 0.6 is 0 Å². The number of nitrogens with one attached hydrogen (secondary N) is 3. The average molecular weight is 588 g/mol. The Kier molecular flexibility index (Phi) is 8.91. The highest BCUT2D eigenvalue weighted by atomic mass is 19.4. The van der Waals surface area contributed by atoms with Crippen molar-refractivity contribution >= 4 is 29.3 Å². The zero-order valence-electron chi connectivity index (χ0n) is 24.4. The molecule has 0 radical (unpaired) electrons. The van der Waals surface area contributed by atoms with Gasteiger partial charge in [0.2, 0.25) is 11.9 Å². The molecule has 1 aromatic carbocycles. The predicted octanol–water partition coefficient (Wildman–Crippen LogP) is 4.76. The van der Waals surface area contributed by atoms with Gasteiger partial charge in [-0.15, -0.1) is 0 Å². The number of fused-ring (bicyclic) bond motifs is 3. The number of halogens is 3. The Bertz CT molecular complexity index is 1260. The fourth-order valence-corrected chi connectivity index (χ4v) is 6.82. The van der Waals surface area contributed by atoms with Crippen molar-refractivity contribution in [3.05, 3.63) is 41.6 Å². The summed E-state index contributed by atoms with van der Waals surface area (Å²) in [6, 6.07) is 6.50. The van der Waals surface area contributed by atoms with Crippen molar-refractivity contribution in [3.8, 4) is 0 Å². The maximum absolute atomic E-state index is 14.0. The Hall–Kier alpha value is -3.41. The molecule has 4 aliphatic rings.